The van der Waals surface area contributed by atoms with E-state index in [0.717, 1.165) is 12.4 Å². The molecule has 0 atom stereocenters. The van der Waals surface area contributed by atoms with Gasteiger partial charge in [0.2, 0.25) is 5.95 Å². The van der Waals surface area contributed by atoms with Crippen LogP contribution in [0.4, 0.5) is 21.8 Å². The third-order valence-corrected chi connectivity index (χ3v) is 2.43. The van der Waals surface area contributed by atoms with Crippen molar-refractivity contribution in [3.05, 3.63) is 42.3 Å². The monoisotopic (exact) mass is 260 g/mol. The van der Waals surface area contributed by atoms with Gasteiger partial charge in [-0.1, -0.05) is 19.9 Å². The van der Waals surface area contributed by atoms with Crippen molar-refractivity contribution in [2.24, 2.45) is 5.92 Å². The Bertz CT molecular complexity index is 542. The zero-order valence-corrected chi connectivity index (χ0v) is 11.0. The smallest absolute Gasteiger partial charge is 0.229 e. The summed E-state index contributed by atoms with van der Waals surface area (Å²) in [5, 5.41) is 6.19. The number of hydrogen-bond acceptors (Lipinski definition) is 4. The molecule has 0 spiro atoms. The maximum absolute atomic E-state index is 13.1. The van der Waals surface area contributed by atoms with E-state index < -0.39 is 0 Å². The molecule has 0 unspecified atom stereocenters. The summed E-state index contributed by atoms with van der Waals surface area (Å²) in [5.74, 6) is 1.44. The average Bonchev–Trinajstić information content (AvgIpc) is 2.37. The molecule has 0 amide bonds. The van der Waals surface area contributed by atoms with Crippen LogP contribution in [0.5, 0.6) is 0 Å². The normalized spacial score (nSPS) is 10.5. The Morgan fingerprint density at radius 1 is 1.26 bits per heavy atom. The van der Waals surface area contributed by atoms with Gasteiger partial charge in [0.1, 0.15) is 11.6 Å². The Balaban J connectivity index is 2.06. The first-order chi connectivity index (χ1) is 9.13. The van der Waals surface area contributed by atoms with Gasteiger partial charge in [0.25, 0.3) is 0 Å². The van der Waals surface area contributed by atoms with Crippen LogP contribution >= 0.6 is 0 Å². The predicted octanol–water partition coefficient (Wildman–Crippen LogP) is 3.43. The second-order valence-electron chi connectivity index (χ2n) is 4.68. The van der Waals surface area contributed by atoms with Gasteiger partial charge in [-0.15, -0.1) is 0 Å². The van der Waals surface area contributed by atoms with Crippen molar-refractivity contribution in [1.82, 2.24) is 9.97 Å². The number of nitrogens with zero attached hydrogens (tertiary/aromatic N) is 2. The van der Waals surface area contributed by atoms with Crippen molar-refractivity contribution in [3.63, 3.8) is 0 Å². The second kappa shape index (κ2) is 6.13. The minimum Gasteiger partial charge on any atom is -0.370 e. The Morgan fingerprint density at radius 2 is 2.11 bits per heavy atom. The van der Waals surface area contributed by atoms with E-state index in [1.165, 1.54) is 12.1 Å². The summed E-state index contributed by atoms with van der Waals surface area (Å²) in [6.07, 6.45) is 1.66. The minimum atomic E-state index is -0.293. The van der Waals surface area contributed by atoms with Crippen LogP contribution in [0.25, 0.3) is 0 Å². The van der Waals surface area contributed by atoms with Gasteiger partial charge in [0.05, 0.1) is 0 Å². The molecule has 0 saturated carbocycles. The van der Waals surface area contributed by atoms with Crippen molar-refractivity contribution >= 4 is 17.5 Å². The summed E-state index contributed by atoms with van der Waals surface area (Å²) >= 11 is 0. The highest BCUT2D eigenvalue weighted by Crippen LogP contribution is 2.15. The largest absolute Gasteiger partial charge is 0.370 e. The van der Waals surface area contributed by atoms with E-state index in [0.29, 0.717) is 17.6 Å². The maximum atomic E-state index is 13.1. The highest BCUT2D eigenvalue weighted by Gasteiger charge is 2.01. The molecule has 1 aromatic carbocycles. The van der Waals surface area contributed by atoms with Gasteiger partial charge in [0.15, 0.2) is 0 Å². The lowest BCUT2D eigenvalue weighted by molar-refractivity contribution is 0.628. The molecule has 0 radical (unpaired) electrons. The number of anilines is 3. The summed E-state index contributed by atoms with van der Waals surface area (Å²) in [4.78, 5) is 8.42. The third kappa shape index (κ3) is 4.21. The summed E-state index contributed by atoms with van der Waals surface area (Å²) < 4.78 is 13.1. The molecule has 0 aliphatic rings. The minimum absolute atomic E-state index is 0.293. The van der Waals surface area contributed by atoms with E-state index >= 15 is 0 Å². The van der Waals surface area contributed by atoms with Crippen LogP contribution in [-0.2, 0) is 0 Å². The van der Waals surface area contributed by atoms with Crippen LogP contribution in [-0.4, -0.2) is 16.5 Å². The summed E-state index contributed by atoms with van der Waals surface area (Å²) in [5.41, 5.74) is 0.626. The van der Waals surface area contributed by atoms with E-state index in [4.69, 9.17) is 0 Å². The molecule has 1 heterocycles. The van der Waals surface area contributed by atoms with Gasteiger partial charge < -0.3 is 10.6 Å². The Hall–Kier alpha value is -2.17. The standard InChI is InChI=1S/C14H17FN4/c1-10(2)9-17-13-6-7-16-14(19-13)18-12-5-3-4-11(15)8-12/h3-8,10H,9H2,1-2H3,(H2,16,17,18,19). The second-order valence-corrected chi connectivity index (χ2v) is 4.68. The molecule has 0 aliphatic carbocycles. The summed E-state index contributed by atoms with van der Waals surface area (Å²) in [7, 11) is 0. The molecule has 100 valence electrons. The molecular weight excluding hydrogens is 243 g/mol. The fourth-order valence-electron chi connectivity index (χ4n) is 1.52. The molecule has 2 N–H and O–H groups in total. The molecule has 5 heteroatoms. The van der Waals surface area contributed by atoms with E-state index in [9.17, 15) is 4.39 Å². The van der Waals surface area contributed by atoms with Crippen LogP contribution in [0.2, 0.25) is 0 Å². The molecule has 2 aromatic rings. The highest BCUT2D eigenvalue weighted by atomic mass is 19.1. The molecule has 1 aromatic heterocycles. The van der Waals surface area contributed by atoms with Crippen molar-refractivity contribution in [1.29, 1.82) is 0 Å². The highest BCUT2D eigenvalue weighted by molar-refractivity contribution is 5.54. The molecule has 19 heavy (non-hydrogen) atoms. The van der Waals surface area contributed by atoms with Crippen LogP contribution in [0.1, 0.15) is 13.8 Å². The van der Waals surface area contributed by atoms with E-state index in [-0.39, 0.29) is 5.82 Å². The van der Waals surface area contributed by atoms with Crippen LogP contribution in [0.15, 0.2) is 36.5 Å². The maximum Gasteiger partial charge on any atom is 0.229 e. The van der Waals surface area contributed by atoms with Crippen molar-refractivity contribution in [2.75, 3.05) is 17.2 Å². The topological polar surface area (TPSA) is 49.8 Å². The van der Waals surface area contributed by atoms with Crippen LogP contribution < -0.4 is 10.6 Å². The quantitative estimate of drug-likeness (QED) is 0.864. The first-order valence-electron chi connectivity index (χ1n) is 6.23. The van der Waals surface area contributed by atoms with Crippen molar-refractivity contribution < 1.29 is 4.39 Å². The predicted molar refractivity (Wildman–Crippen MR) is 75.0 cm³/mol. The van der Waals surface area contributed by atoms with Crippen molar-refractivity contribution in [2.45, 2.75) is 13.8 Å². The van der Waals surface area contributed by atoms with Crippen LogP contribution in [0.3, 0.4) is 0 Å². The molecular formula is C14H17FN4. The molecule has 0 fully saturated rings. The lowest BCUT2D eigenvalue weighted by atomic mass is 10.2. The van der Waals surface area contributed by atoms with Gasteiger partial charge in [0, 0.05) is 18.4 Å². The fourth-order valence-corrected chi connectivity index (χ4v) is 1.52. The van der Waals surface area contributed by atoms with Crippen molar-refractivity contribution in [3.8, 4) is 0 Å². The fraction of sp³-hybridized carbons (Fsp3) is 0.286. The summed E-state index contributed by atoms with van der Waals surface area (Å²) in [6.45, 7) is 5.09. The number of hydrogen-bond donors (Lipinski definition) is 2. The Morgan fingerprint density at radius 3 is 2.84 bits per heavy atom. The number of benzene rings is 1. The van der Waals surface area contributed by atoms with Gasteiger partial charge >= 0.3 is 0 Å². The summed E-state index contributed by atoms with van der Waals surface area (Å²) in [6, 6.07) is 8.00. The zero-order chi connectivity index (χ0) is 13.7. The van der Waals surface area contributed by atoms with Gasteiger partial charge in [-0.05, 0) is 30.2 Å². The van der Waals surface area contributed by atoms with Gasteiger partial charge in [-0.3, -0.25) is 0 Å². The molecule has 4 nitrogen and oxygen atoms in total. The number of aromatic nitrogens is 2. The SMILES string of the molecule is CC(C)CNc1ccnc(Nc2cccc(F)c2)n1. The Kier molecular flexibility index (Phi) is 4.28. The number of rotatable bonds is 5. The lowest BCUT2D eigenvalue weighted by Gasteiger charge is -2.09. The van der Waals surface area contributed by atoms with E-state index in [1.807, 2.05) is 0 Å². The Labute approximate surface area is 112 Å². The lowest BCUT2D eigenvalue weighted by Crippen LogP contribution is -2.10. The molecule has 0 bridgehead atoms. The number of halogens is 1. The van der Waals surface area contributed by atoms with Crippen LogP contribution in [0, 0.1) is 11.7 Å². The average molecular weight is 260 g/mol. The first kappa shape index (κ1) is 13.3. The first-order valence-corrected chi connectivity index (χ1v) is 6.23. The van der Waals surface area contributed by atoms with E-state index in [1.54, 1.807) is 24.4 Å². The molecule has 2 rings (SSSR count). The van der Waals surface area contributed by atoms with E-state index in [2.05, 4.69) is 34.4 Å². The molecule has 0 saturated heterocycles. The number of nitrogens with one attached hydrogen (secondary N) is 2. The molecule has 0 aliphatic heterocycles. The third-order valence-electron chi connectivity index (χ3n) is 2.43. The zero-order valence-electron chi connectivity index (χ0n) is 11.0. The van der Waals surface area contributed by atoms with Gasteiger partial charge in [-0.25, -0.2) is 9.37 Å². The van der Waals surface area contributed by atoms with Gasteiger partial charge in [-0.2, -0.15) is 4.98 Å².